The van der Waals surface area contributed by atoms with Gasteiger partial charge in [0, 0.05) is 39.0 Å². The summed E-state index contributed by atoms with van der Waals surface area (Å²) in [5.41, 5.74) is 5.17. The van der Waals surface area contributed by atoms with Gasteiger partial charge in [-0.3, -0.25) is 0 Å². The molecule has 1 atom stereocenters. The minimum Gasteiger partial charge on any atom is -0.457 e. The van der Waals surface area contributed by atoms with Gasteiger partial charge < -0.3 is 24.3 Å². The molecule has 4 heterocycles. The van der Waals surface area contributed by atoms with Gasteiger partial charge in [0.2, 0.25) is 5.95 Å². The second-order valence-electron chi connectivity index (χ2n) is 8.93. The van der Waals surface area contributed by atoms with Crippen LogP contribution in [0.2, 0.25) is 0 Å². The van der Waals surface area contributed by atoms with E-state index >= 15 is 0 Å². The van der Waals surface area contributed by atoms with E-state index in [0.29, 0.717) is 22.8 Å². The molecule has 6 rings (SSSR count). The Hall–Kier alpha value is -4.31. The van der Waals surface area contributed by atoms with Crippen LogP contribution in [0.5, 0.6) is 11.5 Å². The summed E-state index contributed by atoms with van der Waals surface area (Å²) in [6.07, 6.45) is 6.21. The second kappa shape index (κ2) is 9.04. The van der Waals surface area contributed by atoms with E-state index in [4.69, 9.17) is 14.5 Å². The Morgan fingerprint density at radius 2 is 1.94 bits per heavy atom. The van der Waals surface area contributed by atoms with Crippen molar-refractivity contribution in [1.82, 2.24) is 29.5 Å². The van der Waals surface area contributed by atoms with Crippen LogP contribution in [0.4, 0.5) is 17.5 Å². The largest absolute Gasteiger partial charge is 0.457 e. The van der Waals surface area contributed by atoms with E-state index in [1.807, 2.05) is 54.9 Å². The second-order valence-corrected chi connectivity index (χ2v) is 8.93. The van der Waals surface area contributed by atoms with Gasteiger partial charge in [0.1, 0.15) is 28.9 Å². The number of hydrogen-bond acceptors (Lipinski definition) is 9. The first kappa shape index (κ1) is 22.2. The van der Waals surface area contributed by atoms with Gasteiger partial charge in [0.25, 0.3) is 0 Å². The van der Waals surface area contributed by atoms with Gasteiger partial charge in [0.15, 0.2) is 5.82 Å². The van der Waals surface area contributed by atoms with Crippen molar-refractivity contribution in [3.05, 3.63) is 60.8 Å². The fourth-order valence-corrected chi connectivity index (χ4v) is 4.48. The molecule has 1 fully saturated rings. The average Bonchev–Trinajstić information content (AvgIpc) is 3.52. The molecule has 36 heavy (non-hydrogen) atoms. The number of nitrogens with one attached hydrogen (secondary N) is 1. The number of imidazole rings is 1. The highest BCUT2D eigenvalue weighted by molar-refractivity contribution is 5.87. The van der Waals surface area contributed by atoms with Crippen LogP contribution in [0, 0.1) is 6.92 Å². The first-order valence-corrected chi connectivity index (χ1v) is 11.8. The molecule has 5 aromatic rings. The van der Waals surface area contributed by atoms with Crippen molar-refractivity contribution in [3.8, 4) is 11.5 Å². The van der Waals surface area contributed by atoms with Crippen LogP contribution in [-0.2, 0) is 11.8 Å². The number of methoxy groups -OCH3 is 1. The minimum atomic E-state index is 0.198. The lowest BCUT2D eigenvalue weighted by molar-refractivity contribution is 0.121. The lowest BCUT2D eigenvalue weighted by atomic mass is 10.2. The maximum atomic E-state index is 6.15. The number of hydrogen-bond donors (Lipinski definition) is 1. The maximum Gasteiger partial charge on any atom is 0.226 e. The van der Waals surface area contributed by atoms with Gasteiger partial charge in [-0.1, -0.05) is 0 Å². The molecule has 1 N–H and O–H groups in total. The van der Waals surface area contributed by atoms with E-state index in [1.54, 1.807) is 19.6 Å². The Balaban J connectivity index is 1.24. The average molecular weight is 483 g/mol. The molecule has 1 aliphatic heterocycles. The highest BCUT2D eigenvalue weighted by atomic mass is 16.5. The minimum absolute atomic E-state index is 0.198. The molecular formula is C26H26N8O2. The topological polar surface area (TPSA) is 103 Å². The van der Waals surface area contributed by atoms with Crippen molar-refractivity contribution >= 4 is 39.5 Å². The van der Waals surface area contributed by atoms with Crippen LogP contribution in [-0.4, -0.2) is 55.8 Å². The van der Waals surface area contributed by atoms with Crippen molar-refractivity contribution in [2.24, 2.45) is 7.05 Å². The number of anilines is 3. The number of rotatable bonds is 6. The molecule has 10 nitrogen and oxygen atoms in total. The monoisotopic (exact) mass is 482 g/mol. The van der Waals surface area contributed by atoms with Crippen LogP contribution in [0.1, 0.15) is 12.0 Å². The van der Waals surface area contributed by atoms with E-state index in [9.17, 15) is 0 Å². The smallest absolute Gasteiger partial charge is 0.226 e. The standard InChI is InChI=1S/C26H26N8O2/c1-16-10-17(4-7-23(16)36-18-5-6-22-20(11-18)30-15-33(22)2)31-25-24-21(28-14-29-25)12-27-26(32-24)34-9-8-19(13-34)35-3/h4-7,10-12,14-15,19H,8-9,13H2,1-3H3,(H,28,29,31). The number of aryl methyl sites for hydroxylation is 2. The summed E-state index contributed by atoms with van der Waals surface area (Å²) >= 11 is 0. The zero-order valence-electron chi connectivity index (χ0n) is 20.3. The highest BCUT2D eigenvalue weighted by Gasteiger charge is 2.24. The van der Waals surface area contributed by atoms with E-state index in [-0.39, 0.29) is 6.10 Å². The molecule has 0 saturated carbocycles. The van der Waals surface area contributed by atoms with E-state index < -0.39 is 0 Å². The number of aromatic nitrogens is 6. The fraction of sp³-hybridized carbons (Fsp3) is 0.269. The zero-order chi connectivity index (χ0) is 24.6. The fourth-order valence-electron chi connectivity index (χ4n) is 4.48. The Kier molecular flexibility index (Phi) is 5.57. The molecule has 0 bridgehead atoms. The molecule has 10 heteroatoms. The highest BCUT2D eigenvalue weighted by Crippen LogP contribution is 2.31. The molecule has 1 unspecified atom stereocenters. The predicted molar refractivity (Wildman–Crippen MR) is 138 cm³/mol. The van der Waals surface area contributed by atoms with Gasteiger partial charge in [-0.15, -0.1) is 0 Å². The maximum absolute atomic E-state index is 6.15. The zero-order valence-corrected chi connectivity index (χ0v) is 20.3. The first-order chi connectivity index (χ1) is 17.6. The SMILES string of the molecule is COC1CCN(c2ncc3ncnc(Nc4ccc(Oc5ccc6c(c5)ncn6C)c(C)c4)c3n2)C1. The molecule has 182 valence electrons. The molecule has 0 spiro atoms. The summed E-state index contributed by atoms with van der Waals surface area (Å²) in [5, 5.41) is 3.39. The van der Waals surface area contributed by atoms with E-state index in [1.165, 1.54) is 6.33 Å². The van der Waals surface area contributed by atoms with Crippen LogP contribution >= 0.6 is 0 Å². The van der Waals surface area contributed by atoms with Crippen molar-refractivity contribution in [2.75, 3.05) is 30.4 Å². The van der Waals surface area contributed by atoms with Crippen LogP contribution in [0.15, 0.2) is 55.2 Å². The summed E-state index contributed by atoms with van der Waals surface area (Å²) in [6.45, 7) is 3.64. The Morgan fingerprint density at radius 3 is 2.78 bits per heavy atom. The number of benzene rings is 2. The van der Waals surface area contributed by atoms with Gasteiger partial charge in [-0.2, -0.15) is 0 Å². The number of ether oxygens (including phenoxy) is 2. The molecule has 2 aromatic carbocycles. The predicted octanol–water partition coefficient (Wildman–Crippen LogP) is 4.38. The summed E-state index contributed by atoms with van der Waals surface area (Å²) in [6, 6.07) is 11.8. The summed E-state index contributed by atoms with van der Waals surface area (Å²) in [5.74, 6) is 2.80. The molecule has 3 aromatic heterocycles. The van der Waals surface area contributed by atoms with E-state index in [0.717, 1.165) is 53.3 Å². The third-order valence-corrected chi connectivity index (χ3v) is 6.49. The van der Waals surface area contributed by atoms with Gasteiger partial charge in [-0.05, 0) is 49.2 Å². The van der Waals surface area contributed by atoms with Gasteiger partial charge in [0.05, 0.1) is 29.7 Å². The molecule has 1 saturated heterocycles. The molecular weight excluding hydrogens is 456 g/mol. The quantitative estimate of drug-likeness (QED) is 0.378. The van der Waals surface area contributed by atoms with Gasteiger partial charge >= 0.3 is 0 Å². The van der Waals surface area contributed by atoms with Crippen molar-refractivity contribution in [3.63, 3.8) is 0 Å². The third-order valence-electron chi connectivity index (χ3n) is 6.49. The summed E-state index contributed by atoms with van der Waals surface area (Å²) < 4.78 is 13.6. The van der Waals surface area contributed by atoms with Crippen LogP contribution < -0.4 is 15.0 Å². The summed E-state index contributed by atoms with van der Waals surface area (Å²) in [4.78, 5) is 24.6. The van der Waals surface area contributed by atoms with Crippen LogP contribution in [0.3, 0.4) is 0 Å². The Bertz CT molecular complexity index is 1570. The Labute approximate surface area is 208 Å². The van der Waals surface area contributed by atoms with Gasteiger partial charge in [-0.25, -0.2) is 24.9 Å². The van der Waals surface area contributed by atoms with Crippen molar-refractivity contribution in [1.29, 1.82) is 0 Å². The van der Waals surface area contributed by atoms with E-state index in [2.05, 4.69) is 30.2 Å². The van der Waals surface area contributed by atoms with Crippen LogP contribution in [0.25, 0.3) is 22.1 Å². The van der Waals surface area contributed by atoms with Crippen molar-refractivity contribution in [2.45, 2.75) is 19.4 Å². The summed E-state index contributed by atoms with van der Waals surface area (Å²) in [7, 11) is 3.71. The molecule has 0 aliphatic carbocycles. The number of fused-ring (bicyclic) bond motifs is 2. The molecule has 0 radical (unpaired) electrons. The lowest BCUT2D eigenvalue weighted by Crippen LogP contribution is -2.24. The molecule has 0 amide bonds. The number of nitrogens with zero attached hydrogens (tertiary/aromatic N) is 7. The first-order valence-electron chi connectivity index (χ1n) is 11.8. The molecule has 1 aliphatic rings. The lowest BCUT2D eigenvalue weighted by Gasteiger charge is -2.17. The van der Waals surface area contributed by atoms with Crippen molar-refractivity contribution < 1.29 is 9.47 Å². The third kappa shape index (κ3) is 4.16. The normalized spacial score (nSPS) is 15.6. The Morgan fingerprint density at radius 1 is 1.03 bits per heavy atom.